The van der Waals surface area contributed by atoms with Crippen molar-refractivity contribution in [1.82, 2.24) is 35.2 Å². The first-order valence-corrected chi connectivity index (χ1v) is 25.2. The van der Waals surface area contributed by atoms with Gasteiger partial charge in [-0.05, 0) is 55.4 Å². The van der Waals surface area contributed by atoms with Gasteiger partial charge in [-0.3, -0.25) is 38.5 Å². The Labute approximate surface area is 407 Å². The standard InChI is InChI=1S/C51H77N7O9S/c1-12-34(6)46(56(9)51(65)44(32(2)3)54-49(64)45(33(4)5)55(8)40(59)23-17-14-18-27-58-41(60)24-25-42(58)61)39(66-10)31-43(62)57-28-19-22-38(57)47(67-11)35(7)48(63)53-37(50-52-26-29-68-50)30-36-20-15-13-16-21-36/h13,15-16,20-21,24-26,29,32-35,37-39,44-47H,12,14,17-19,22-23,27-28,30-31H2,1-11H3,(H,53,63)(H,54,64)/t34?,35?,37?,38?,39?,44?,45?,46-,47?/m1/s1. The van der Waals surface area contributed by atoms with Gasteiger partial charge in [0.25, 0.3) is 11.8 Å². The van der Waals surface area contributed by atoms with E-state index in [1.165, 1.54) is 33.3 Å². The summed E-state index contributed by atoms with van der Waals surface area (Å²) in [6.45, 7) is 14.1. The molecule has 0 aliphatic carbocycles. The normalized spacial score (nSPS) is 18.5. The number of hydrogen-bond acceptors (Lipinski definition) is 11. The highest BCUT2D eigenvalue weighted by Crippen LogP contribution is 2.31. The number of imide groups is 1. The summed E-state index contributed by atoms with van der Waals surface area (Å²) in [5, 5.41) is 8.92. The summed E-state index contributed by atoms with van der Waals surface area (Å²) in [6, 6.07) is 6.91. The van der Waals surface area contributed by atoms with Crippen LogP contribution in [0.2, 0.25) is 0 Å². The van der Waals surface area contributed by atoms with Crippen LogP contribution in [-0.2, 0) is 49.5 Å². The van der Waals surface area contributed by atoms with E-state index in [0.717, 1.165) is 17.0 Å². The second kappa shape index (κ2) is 26.7. The number of methoxy groups -OCH3 is 2. The molecule has 1 fully saturated rings. The molecule has 0 radical (unpaired) electrons. The molecule has 1 aromatic heterocycles. The third-order valence-corrected chi connectivity index (χ3v) is 14.6. The number of likely N-dealkylation sites (N-methyl/N-ethyl adjacent to an activating group) is 2. The number of hydrogen-bond donors (Lipinski definition) is 2. The highest BCUT2D eigenvalue weighted by Gasteiger charge is 2.44. The van der Waals surface area contributed by atoms with E-state index in [9.17, 15) is 33.6 Å². The van der Waals surface area contributed by atoms with Crippen LogP contribution in [0.4, 0.5) is 0 Å². The quantitative estimate of drug-likeness (QED) is 0.0847. The molecular formula is C51H77N7O9S. The molecule has 0 bridgehead atoms. The number of unbranched alkanes of at least 4 members (excludes halogenated alkanes) is 2. The molecule has 2 N–H and O–H groups in total. The molecule has 4 rings (SSSR count). The number of thiazole rings is 1. The molecule has 8 unspecified atom stereocenters. The number of aromatic nitrogens is 1. The van der Waals surface area contributed by atoms with Crippen LogP contribution < -0.4 is 10.6 Å². The van der Waals surface area contributed by atoms with Gasteiger partial charge in [0.05, 0.1) is 42.7 Å². The van der Waals surface area contributed by atoms with Gasteiger partial charge >= 0.3 is 0 Å². The van der Waals surface area contributed by atoms with Crippen molar-refractivity contribution >= 4 is 52.7 Å². The number of amides is 7. The van der Waals surface area contributed by atoms with E-state index in [-0.39, 0.29) is 84.7 Å². The molecule has 2 aromatic rings. The summed E-state index contributed by atoms with van der Waals surface area (Å²) < 4.78 is 12.1. The minimum Gasteiger partial charge on any atom is -0.379 e. The Balaban J connectivity index is 1.42. The molecule has 3 heterocycles. The summed E-state index contributed by atoms with van der Waals surface area (Å²) in [6.07, 6.45) is 7.44. The predicted octanol–water partition coefficient (Wildman–Crippen LogP) is 5.57. The lowest BCUT2D eigenvalue weighted by Gasteiger charge is -2.41. The Kier molecular flexibility index (Phi) is 21.8. The minimum atomic E-state index is -0.941. The molecule has 0 spiro atoms. The second-order valence-electron chi connectivity index (χ2n) is 19.1. The van der Waals surface area contributed by atoms with Crippen molar-refractivity contribution < 1.29 is 43.0 Å². The van der Waals surface area contributed by atoms with Gasteiger partial charge in [0.15, 0.2) is 0 Å². The number of ether oxygens (including phenoxy) is 2. The third-order valence-electron chi connectivity index (χ3n) is 13.7. The Morgan fingerprint density at radius 3 is 2.12 bits per heavy atom. The van der Waals surface area contributed by atoms with Crippen LogP contribution in [0.25, 0.3) is 0 Å². The molecule has 1 aromatic carbocycles. The number of carbonyl (C=O) groups excluding carboxylic acids is 7. The maximum Gasteiger partial charge on any atom is 0.253 e. The van der Waals surface area contributed by atoms with Crippen molar-refractivity contribution in [1.29, 1.82) is 0 Å². The number of nitrogens with zero attached hydrogens (tertiary/aromatic N) is 5. The Hall–Kier alpha value is -5.00. The van der Waals surface area contributed by atoms with Gasteiger partial charge in [-0.1, -0.05) is 91.6 Å². The van der Waals surface area contributed by atoms with Gasteiger partial charge in [0.2, 0.25) is 29.5 Å². The molecule has 17 heteroatoms. The third kappa shape index (κ3) is 14.5. The van der Waals surface area contributed by atoms with Crippen molar-refractivity contribution in [2.75, 3.05) is 41.4 Å². The molecule has 0 saturated carbocycles. The number of carbonyl (C=O) groups is 7. The average molecular weight is 964 g/mol. The molecule has 16 nitrogen and oxygen atoms in total. The van der Waals surface area contributed by atoms with Crippen LogP contribution in [0, 0.1) is 23.7 Å². The van der Waals surface area contributed by atoms with Crippen LogP contribution in [0.3, 0.4) is 0 Å². The van der Waals surface area contributed by atoms with E-state index in [4.69, 9.17) is 9.47 Å². The summed E-state index contributed by atoms with van der Waals surface area (Å²) in [4.78, 5) is 105. The first kappa shape index (κ1) is 55.6. The van der Waals surface area contributed by atoms with Gasteiger partial charge in [-0.15, -0.1) is 11.3 Å². The van der Waals surface area contributed by atoms with E-state index in [0.29, 0.717) is 45.1 Å². The predicted molar refractivity (Wildman–Crippen MR) is 262 cm³/mol. The molecular weight excluding hydrogens is 887 g/mol. The summed E-state index contributed by atoms with van der Waals surface area (Å²) in [5.41, 5.74) is 1.07. The van der Waals surface area contributed by atoms with Gasteiger partial charge in [0.1, 0.15) is 17.1 Å². The first-order valence-electron chi connectivity index (χ1n) is 24.3. The fourth-order valence-corrected chi connectivity index (χ4v) is 10.4. The molecule has 9 atom stereocenters. The van der Waals surface area contributed by atoms with Crippen LogP contribution in [-0.4, -0.2) is 144 Å². The smallest absolute Gasteiger partial charge is 0.253 e. The fourth-order valence-electron chi connectivity index (χ4n) is 9.67. The highest BCUT2D eigenvalue weighted by molar-refractivity contribution is 7.09. The van der Waals surface area contributed by atoms with Crippen molar-refractivity contribution in [2.45, 2.75) is 149 Å². The highest BCUT2D eigenvalue weighted by atomic mass is 32.1. The van der Waals surface area contributed by atoms with Crippen LogP contribution in [0.15, 0.2) is 54.1 Å². The van der Waals surface area contributed by atoms with Crippen LogP contribution in [0.5, 0.6) is 0 Å². The van der Waals surface area contributed by atoms with Gasteiger partial charge in [-0.2, -0.15) is 0 Å². The van der Waals surface area contributed by atoms with E-state index in [2.05, 4.69) is 15.6 Å². The maximum absolute atomic E-state index is 14.6. The lowest BCUT2D eigenvalue weighted by Crippen LogP contribution is -2.60. The Bertz CT molecular complexity index is 2000. The van der Waals surface area contributed by atoms with E-state index in [1.807, 2.05) is 84.2 Å². The Morgan fingerprint density at radius 2 is 1.54 bits per heavy atom. The van der Waals surface area contributed by atoms with Gasteiger partial charge < -0.3 is 34.8 Å². The first-order chi connectivity index (χ1) is 32.4. The van der Waals surface area contributed by atoms with Crippen molar-refractivity contribution in [3.8, 4) is 0 Å². The van der Waals surface area contributed by atoms with E-state index in [1.54, 1.807) is 44.3 Å². The summed E-state index contributed by atoms with van der Waals surface area (Å²) >= 11 is 1.49. The SMILES string of the molecule is CCC(C)[C@H](C(CC(=O)N1CCCC1C(OC)C(C)C(=O)NC(Cc1ccccc1)c1nccs1)OC)N(C)C(=O)C(NC(=O)C(C(C)C)N(C)C(=O)CCCCCN1C(=O)C=CC1=O)C(C)C. The largest absolute Gasteiger partial charge is 0.379 e. The Morgan fingerprint density at radius 1 is 0.868 bits per heavy atom. The molecule has 68 heavy (non-hydrogen) atoms. The molecule has 2 aliphatic heterocycles. The molecule has 7 amide bonds. The number of rotatable bonds is 27. The van der Waals surface area contributed by atoms with E-state index >= 15 is 0 Å². The number of likely N-dealkylation sites (tertiary alicyclic amines) is 1. The van der Waals surface area contributed by atoms with Gasteiger partial charge in [0, 0.05) is 71.6 Å². The van der Waals surface area contributed by atoms with Crippen molar-refractivity contribution in [3.05, 3.63) is 64.6 Å². The monoisotopic (exact) mass is 964 g/mol. The zero-order valence-corrected chi connectivity index (χ0v) is 43.0. The van der Waals surface area contributed by atoms with Crippen molar-refractivity contribution in [3.63, 3.8) is 0 Å². The number of nitrogens with one attached hydrogen (secondary N) is 2. The lowest BCUT2D eigenvalue weighted by atomic mass is 9.89. The summed E-state index contributed by atoms with van der Waals surface area (Å²) in [7, 11) is 6.40. The minimum absolute atomic E-state index is 0.0212. The van der Waals surface area contributed by atoms with Gasteiger partial charge in [-0.25, -0.2) is 4.98 Å². The van der Waals surface area contributed by atoms with Crippen molar-refractivity contribution in [2.24, 2.45) is 23.7 Å². The topological polar surface area (TPSA) is 188 Å². The number of benzene rings is 1. The zero-order chi connectivity index (χ0) is 50.2. The maximum atomic E-state index is 14.6. The molecule has 2 aliphatic rings. The average Bonchev–Trinajstić information content (AvgIpc) is 4.10. The van der Waals surface area contributed by atoms with E-state index < -0.39 is 42.2 Å². The second-order valence-corrected chi connectivity index (χ2v) is 20.0. The molecule has 376 valence electrons. The fraction of sp³-hybridized carbons (Fsp3) is 0.647. The zero-order valence-electron chi connectivity index (χ0n) is 42.1. The molecule has 1 saturated heterocycles. The summed E-state index contributed by atoms with van der Waals surface area (Å²) in [5.74, 6) is -3.32. The van der Waals surface area contributed by atoms with Crippen LogP contribution >= 0.6 is 11.3 Å². The van der Waals surface area contributed by atoms with Crippen LogP contribution in [0.1, 0.15) is 116 Å². The lowest BCUT2D eigenvalue weighted by molar-refractivity contribution is -0.148.